The molecular formula is C11H10F3N3O2. The number of nitroso groups, excluding NO2 is 1. The first-order valence-corrected chi connectivity index (χ1v) is 5.48. The average Bonchev–Trinajstić information content (AvgIpc) is 2.37. The highest BCUT2D eigenvalue weighted by Crippen LogP contribution is 2.32. The summed E-state index contributed by atoms with van der Waals surface area (Å²) in [5.74, 6) is -0.538. The van der Waals surface area contributed by atoms with Crippen LogP contribution in [0.5, 0.6) is 0 Å². The number of fused-ring (bicyclic) bond motifs is 1. The molecule has 0 aromatic heterocycles. The predicted octanol–water partition coefficient (Wildman–Crippen LogP) is 1.93. The molecule has 19 heavy (non-hydrogen) atoms. The molecule has 1 amide bonds. The summed E-state index contributed by atoms with van der Waals surface area (Å²) in [6.45, 7) is 0.220. The van der Waals surface area contributed by atoms with E-state index >= 15 is 0 Å². The Morgan fingerprint density at radius 3 is 2.74 bits per heavy atom. The van der Waals surface area contributed by atoms with Gasteiger partial charge in [-0.15, -0.1) is 4.91 Å². The van der Waals surface area contributed by atoms with E-state index in [2.05, 4.69) is 10.7 Å². The Morgan fingerprint density at radius 1 is 1.37 bits per heavy atom. The van der Waals surface area contributed by atoms with Crippen LogP contribution in [0.25, 0.3) is 0 Å². The molecule has 0 bridgehead atoms. The highest BCUT2D eigenvalue weighted by atomic mass is 19.4. The Labute approximate surface area is 106 Å². The van der Waals surface area contributed by atoms with Crippen molar-refractivity contribution in [1.82, 2.24) is 10.3 Å². The van der Waals surface area contributed by atoms with Crippen molar-refractivity contribution < 1.29 is 18.0 Å². The van der Waals surface area contributed by atoms with Gasteiger partial charge >= 0.3 is 6.18 Å². The van der Waals surface area contributed by atoms with E-state index in [4.69, 9.17) is 0 Å². The Bertz CT molecular complexity index is 516. The van der Waals surface area contributed by atoms with Gasteiger partial charge in [0.2, 0.25) is 0 Å². The average molecular weight is 273 g/mol. The summed E-state index contributed by atoms with van der Waals surface area (Å²) in [4.78, 5) is 23.2. The molecule has 1 aromatic carbocycles. The Kier molecular flexibility index (Phi) is 3.41. The van der Waals surface area contributed by atoms with Crippen LogP contribution in [0.4, 0.5) is 13.2 Å². The maximum atomic E-state index is 12.6. The van der Waals surface area contributed by atoms with E-state index < -0.39 is 17.6 Å². The van der Waals surface area contributed by atoms with Gasteiger partial charge in [-0.2, -0.15) is 13.2 Å². The topological polar surface area (TPSA) is 61.8 Å². The minimum absolute atomic E-state index is 0.0220. The van der Waals surface area contributed by atoms with E-state index in [1.165, 1.54) is 11.0 Å². The number of hydrogen-bond donors (Lipinski definition) is 1. The van der Waals surface area contributed by atoms with Crippen molar-refractivity contribution in [3.63, 3.8) is 0 Å². The van der Waals surface area contributed by atoms with Crippen LogP contribution in [-0.2, 0) is 12.6 Å². The maximum Gasteiger partial charge on any atom is 0.416 e. The van der Waals surface area contributed by atoms with E-state index in [-0.39, 0.29) is 12.2 Å². The lowest BCUT2D eigenvalue weighted by atomic mass is 9.97. The standard InChI is InChI=1S/C11H10F3N3O2/c12-11(13,14)8-2-1-7-3-4-17(6-15-16-19)10(18)9(7)5-8/h1-2,5H,3-4,6H2,(H,15,19). The number of carbonyl (C=O) groups is 1. The zero-order chi connectivity index (χ0) is 14.0. The molecule has 2 rings (SSSR count). The lowest BCUT2D eigenvalue weighted by Gasteiger charge is -2.28. The molecule has 1 aliphatic rings. The third-order valence-electron chi connectivity index (χ3n) is 2.93. The molecule has 0 spiro atoms. The summed E-state index contributed by atoms with van der Waals surface area (Å²) in [6, 6.07) is 3.13. The summed E-state index contributed by atoms with van der Waals surface area (Å²) in [5, 5.41) is 2.40. The van der Waals surface area contributed by atoms with Gasteiger partial charge in [0, 0.05) is 12.1 Å². The second kappa shape index (κ2) is 4.87. The molecule has 1 aromatic rings. The number of amides is 1. The van der Waals surface area contributed by atoms with Crippen LogP contribution in [0.2, 0.25) is 0 Å². The smallest absolute Gasteiger partial charge is 0.319 e. The summed E-state index contributed by atoms with van der Waals surface area (Å²) in [5.41, 5.74) is 1.82. The van der Waals surface area contributed by atoms with Crippen LogP contribution in [-0.4, -0.2) is 24.0 Å². The number of nitrogens with zero attached hydrogens (tertiary/aromatic N) is 2. The minimum atomic E-state index is -4.49. The van der Waals surface area contributed by atoms with Crippen molar-refractivity contribution >= 4 is 5.91 Å². The van der Waals surface area contributed by atoms with E-state index in [0.29, 0.717) is 18.5 Å². The Morgan fingerprint density at radius 2 is 2.11 bits per heavy atom. The molecular weight excluding hydrogens is 263 g/mol. The summed E-state index contributed by atoms with van der Waals surface area (Å²) >= 11 is 0. The van der Waals surface area contributed by atoms with Gasteiger partial charge in [-0.3, -0.25) is 10.2 Å². The number of nitrogens with one attached hydrogen (secondary N) is 1. The number of halogens is 3. The quantitative estimate of drug-likeness (QED) is 0.676. The molecule has 8 heteroatoms. The molecule has 0 atom stereocenters. The van der Waals surface area contributed by atoms with Crippen molar-refractivity contribution in [2.75, 3.05) is 13.2 Å². The normalized spacial score (nSPS) is 15.1. The van der Waals surface area contributed by atoms with Gasteiger partial charge in [-0.05, 0) is 24.1 Å². The lowest BCUT2D eigenvalue weighted by molar-refractivity contribution is -0.137. The molecule has 1 aliphatic heterocycles. The molecule has 0 saturated carbocycles. The Balaban J connectivity index is 2.30. The van der Waals surface area contributed by atoms with Crippen LogP contribution in [0.3, 0.4) is 0 Å². The number of rotatable bonds is 3. The molecule has 0 aliphatic carbocycles. The third kappa shape index (κ3) is 2.67. The molecule has 0 saturated heterocycles. The van der Waals surface area contributed by atoms with Crippen molar-refractivity contribution in [3.05, 3.63) is 39.8 Å². The molecule has 5 nitrogen and oxygen atoms in total. The van der Waals surface area contributed by atoms with E-state index in [9.17, 15) is 22.9 Å². The van der Waals surface area contributed by atoms with Gasteiger partial charge in [-0.25, -0.2) is 0 Å². The van der Waals surface area contributed by atoms with Crippen LogP contribution in [0.15, 0.2) is 23.5 Å². The van der Waals surface area contributed by atoms with Crippen LogP contribution < -0.4 is 5.43 Å². The van der Waals surface area contributed by atoms with Crippen molar-refractivity contribution in [2.45, 2.75) is 12.6 Å². The van der Waals surface area contributed by atoms with Crippen LogP contribution >= 0.6 is 0 Å². The molecule has 0 fully saturated rings. The van der Waals surface area contributed by atoms with E-state index in [1.54, 1.807) is 0 Å². The fraction of sp³-hybridized carbons (Fsp3) is 0.364. The van der Waals surface area contributed by atoms with Gasteiger partial charge < -0.3 is 4.90 Å². The first-order chi connectivity index (χ1) is 8.93. The first-order valence-electron chi connectivity index (χ1n) is 5.48. The van der Waals surface area contributed by atoms with Gasteiger partial charge in [0.25, 0.3) is 5.91 Å². The SMILES string of the molecule is O=NNCN1CCc2ccc(C(F)(F)F)cc2C1=O. The molecule has 0 radical (unpaired) electrons. The van der Waals surface area contributed by atoms with Gasteiger partial charge in [0.05, 0.1) is 10.8 Å². The van der Waals surface area contributed by atoms with Crippen LogP contribution in [0.1, 0.15) is 21.5 Å². The zero-order valence-electron chi connectivity index (χ0n) is 9.70. The largest absolute Gasteiger partial charge is 0.416 e. The zero-order valence-corrected chi connectivity index (χ0v) is 9.70. The van der Waals surface area contributed by atoms with Gasteiger partial charge in [-0.1, -0.05) is 6.07 Å². The predicted molar refractivity (Wildman–Crippen MR) is 60.0 cm³/mol. The summed E-state index contributed by atoms with van der Waals surface area (Å²) in [6.07, 6.45) is -4.04. The minimum Gasteiger partial charge on any atom is -0.319 e. The number of benzene rings is 1. The molecule has 1 heterocycles. The fourth-order valence-corrected chi connectivity index (χ4v) is 1.96. The highest BCUT2D eigenvalue weighted by molar-refractivity contribution is 5.97. The van der Waals surface area contributed by atoms with E-state index in [1.807, 2.05) is 0 Å². The molecule has 102 valence electrons. The fourth-order valence-electron chi connectivity index (χ4n) is 1.96. The number of hydrogen-bond acceptors (Lipinski definition) is 3. The first kappa shape index (κ1) is 13.3. The number of carbonyl (C=O) groups excluding carboxylic acids is 1. The summed E-state index contributed by atoms with van der Waals surface area (Å²) in [7, 11) is 0. The maximum absolute atomic E-state index is 12.6. The molecule has 1 N–H and O–H groups in total. The second-order valence-corrected chi connectivity index (χ2v) is 4.10. The van der Waals surface area contributed by atoms with E-state index in [0.717, 1.165) is 12.1 Å². The van der Waals surface area contributed by atoms with Gasteiger partial charge in [0.1, 0.15) is 6.67 Å². The molecule has 0 unspecified atom stereocenters. The van der Waals surface area contributed by atoms with Crippen LogP contribution in [0, 0.1) is 4.91 Å². The van der Waals surface area contributed by atoms with Gasteiger partial charge in [0.15, 0.2) is 0 Å². The summed E-state index contributed by atoms with van der Waals surface area (Å²) < 4.78 is 37.8. The highest BCUT2D eigenvalue weighted by Gasteiger charge is 2.33. The number of alkyl halides is 3. The van der Waals surface area contributed by atoms with Crippen molar-refractivity contribution in [3.8, 4) is 0 Å². The van der Waals surface area contributed by atoms with Crippen molar-refractivity contribution in [1.29, 1.82) is 0 Å². The van der Waals surface area contributed by atoms with Crippen molar-refractivity contribution in [2.24, 2.45) is 5.29 Å². The Hall–Kier alpha value is -2.12. The monoisotopic (exact) mass is 273 g/mol. The second-order valence-electron chi connectivity index (χ2n) is 4.10. The lowest BCUT2D eigenvalue weighted by Crippen LogP contribution is -2.42. The third-order valence-corrected chi connectivity index (χ3v) is 2.93.